The lowest BCUT2D eigenvalue weighted by molar-refractivity contribution is 0.0500. The average molecular weight is 246 g/mol. The zero-order valence-corrected chi connectivity index (χ0v) is 11.3. The molecule has 1 heterocycles. The summed E-state index contributed by atoms with van der Waals surface area (Å²) in [7, 11) is 0. The molecular weight excluding hydrogens is 224 g/mol. The van der Waals surface area contributed by atoms with Gasteiger partial charge in [-0.1, -0.05) is 0 Å². The molecule has 1 aliphatic heterocycles. The van der Waals surface area contributed by atoms with Crippen molar-refractivity contribution in [2.45, 2.75) is 45.4 Å². The Balaban J connectivity index is 2.32. The Morgan fingerprint density at radius 2 is 2.25 bits per heavy atom. The number of carbonyl (C=O) groups excluding carboxylic acids is 1. The molecular formula is C11H22N2O2S. The van der Waals surface area contributed by atoms with E-state index in [-0.39, 0.29) is 12.1 Å². The second kappa shape index (κ2) is 5.77. The van der Waals surface area contributed by atoms with Crippen LogP contribution < -0.4 is 10.6 Å². The molecule has 1 aliphatic rings. The van der Waals surface area contributed by atoms with Gasteiger partial charge in [0, 0.05) is 30.1 Å². The molecule has 16 heavy (non-hydrogen) atoms. The molecule has 2 unspecified atom stereocenters. The van der Waals surface area contributed by atoms with Crippen LogP contribution in [0.2, 0.25) is 0 Å². The summed E-state index contributed by atoms with van der Waals surface area (Å²) in [5.41, 5.74) is -0.432. The Hall–Kier alpha value is -0.420. The Morgan fingerprint density at radius 1 is 1.56 bits per heavy atom. The lowest BCUT2D eigenvalue weighted by atomic mass is 10.1. The predicted octanol–water partition coefficient (Wildman–Crippen LogP) is 1.60. The Morgan fingerprint density at radius 3 is 2.75 bits per heavy atom. The molecule has 0 saturated carbocycles. The van der Waals surface area contributed by atoms with Crippen molar-refractivity contribution < 1.29 is 9.53 Å². The number of hydrogen-bond acceptors (Lipinski definition) is 4. The fourth-order valence-corrected chi connectivity index (χ4v) is 2.59. The second-order valence-electron chi connectivity index (χ2n) is 5.07. The van der Waals surface area contributed by atoms with Crippen molar-refractivity contribution in [3.8, 4) is 0 Å². The van der Waals surface area contributed by atoms with Crippen LogP contribution in [0.1, 0.15) is 27.7 Å². The summed E-state index contributed by atoms with van der Waals surface area (Å²) in [5.74, 6) is 2.19. The van der Waals surface area contributed by atoms with E-state index in [1.54, 1.807) is 0 Å². The van der Waals surface area contributed by atoms with E-state index < -0.39 is 5.60 Å². The topological polar surface area (TPSA) is 50.4 Å². The lowest BCUT2D eigenvalue weighted by Crippen LogP contribution is -2.52. The van der Waals surface area contributed by atoms with Crippen molar-refractivity contribution in [2.75, 3.05) is 18.1 Å². The van der Waals surface area contributed by atoms with Crippen LogP contribution in [0.3, 0.4) is 0 Å². The fourth-order valence-electron chi connectivity index (χ4n) is 1.50. The highest BCUT2D eigenvalue weighted by atomic mass is 32.2. The molecule has 0 aromatic carbocycles. The molecule has 1 rings (SSSR count). The van der Waals surface area contributed by atoms with Crippen LogP contribution in [0.4, 0.5) is 4.79 Å². The van der Waals surface area contributed by atoms with Gasteiger partial charge < -0.3 is 15.4 Å². The molecule has 2 atom stereocenters. The molecule has 1 fully saturated rings. The largest absolute Gasteiger partial charge is 0.444 e. The first-order valence-electron chi connectivity index (χ1n) is 5.69. The number of hydrogen-bond donors (Lipinski definition) is 2. The van der Waals surface area contributed by atoms with Gasteiger partial charge in [0.1, 0.15) is 5.60 Å². The monoisotopic (exact) mass is 246 g/mol. The minimum Gasteiger partial charge on any atom is -0.444 e. The Kier molecular flexibility index (Phi) is 4.92. The average Bonchev–Trinajstić information content (AvgIpc) is 2.16. The van der Waals surface area contributed by atoms with E-state index >= 15 is 0 Å². The molecule has 94 valence electrons. The van der Waals surface area contributed by atoms with E-state index in [0.717, 1.165) is 18.1 Å². The van der Waals surface area contributed by atoms with Gasteiger partial charge in [-0.05, 0) is 27.7 Å². The second-order valence-corrected chi connectivity index (χ2v) is 6.22. The molecule has 1 amide bonds. The molecule has 0 bridgehead atoms. The molecule has 0 aliphatic carbocycles. The number of carbonyl (C=O) groups is 1. The standard InChI is InChI=1S/C11H22N2O2S/c1-8(9-7-16-6-5-12-9)13-10(14)15-11(2,3)4/h8-9,12H,5-7H2,1-4H3,(H,13,14). The summed E-state index contributed by atoms with van der Waals surface area (Å²) < 4.78 is 5.21. The number of ether oxygens (including phenoxy) is 1. The number of thioether (sulfide) groups is 1. The van der Waals surface area contributed by atoms with Crippen LogP contribution in [0.15, 0.2) is 0 Å². The third-order valence-corrected chi connectivity index (χ3v) is 3.39. The van der Waals surface area contributed by atoms with Gasteiger partial charge in [-0.2, -0.15) is 11.8 Å². The van der Waals surface area contributed by atoms with Gasteiger partial charge in [0.25, 0.3) is 0 Å². The Labute approximate surface area is 102 Å². The smallest absolute Gasteiger partial charge is 0.407 e. The summed E-state index contributed by atoms with van der Waals surface area (Å²) >= 11 is 1.92. The first-order valence-corrected chi connectivity index (χ1v) is 6.84. The van der Waals surface area contributed by atoms with E-state index in [9.17, 15) is 4.79 Å². The molecule has 4 nitrogen and oxygen atoms in total. The number of nitrogens with one attached hydrogen (secondary N) is 2. The number of rotatable bonds is 2. The normalized spacial score (nSPS) is 23.6. The predicted molar refractivity (Wildman–Crippen MR) is 67.9 cm³/mol. The van der Waals surface area contributed by atoms with E-state index in [4.69, 9.17) is 4.74 Å². The first-order chi connectivity index (χ1) is 7.38. The van der Waals surface area contributed by atoms with Crippen LogP contribution in [0, 0.1) is 0 Å². The van der Waals surface area contributed by atoms with Crippen LogP contribution in [0.5, 0.6) is 0 Å². The lowest BCUT2D eigenvalue weighted by Gasteiger charge is -2.30. The highest BCUT2D eigenvalue weighted by Crippen LogP contribution is 2.11. The summed E-state index contributed by atoms with van der Waals surface area (Å²) in [6.45, 7) is 8.62. The van der Waals surface area contributed by atoms with Crippen LogP contribution in [-0.2, 0) is 4.74 Å². The molecule has 2 N–H and O–H groups in total. The Bertz CT molecular complexity index is 235. The van der Waals surface area contributed by atoms with Crippen molar-refractivity contribution in [3.05, 3.63) is 0 Å². The van der Waals surface area contributed by atoms with Crippen LogP contribution in [-0.4, -0.2) is 41.8 Å². The minimum absolute atomic E-state index is 0.0997. The van der Waals surface area contributed by atoms with E-state index in [0.29, 0.717) is 6.04 Å². The summed E-state index contributed by atoms with van der Waals surface area (Å²) in [6.07, 6.45) is -0.336. The summed E-state index contributed by atoms with van der Waals surface area (Å²) in [4.78, 5) is 11.5. The molecule has 1 saturated heterocycles. The zero-order chi connectivity index (χ0) is 12.2. The van der Waals surface area contributed by atoms with Gasteiger partial charge in [0.2, 0.25) is 0 Å². The quantitative estimate of drug-likeness (QED) is 0.777. The first kappa shape index (κ1) is 13.6. The van der Waals surface area contributed by atoms with Gasteiger partial charge in [-0.15, -0.1) is 0 Å². The molecule has 0 aromatic heterocycles. The zero-order valence-electron chi connectivity index (χ0n) is 10.5. The number of alkyl carbamates (subject to hydrolysis) is 1. The SMILES string of the molecule is CC(NC(=O)OC(C)(C)C)C1CSCCN1. The minimum atomic E-state index is -0.432. The maximum atomic E-state index is 11.5. The van der Waals surface area contributed by atoms with E-state index in [1.807, 2.05) is 39.5 Å². The van der Waals surface area contributed by atoms with Gasteiger partial charge in [0.15, 0.2) is 0 Å². The molecule has 0 aromatic rings. The van der Waals surface area contributed by atoms with Crippen molar-refractivity contribution in [1.29, 1.82) is 0 Å². The van der Waals surface area contributed by atoms with Gasteiger partial charge in [-0.25, -0.2) is 4.79 Å². The molecule has 0 radical (unpaired) electrons. The molecule has 5 heteroatoms. The van der Waals surface area contributed by atoms with Gasteiger partial charge >= 0.3 is 6.09 Å². The van der Waals surface area contributed by atoms with Gasteiger partial charge in [0.05, 0.1) is 0 Å². The van der Waals surface area contributed by atoms with Crippen molar-refractivity contribution in [2.24, 2.45) is 0 Å². The van der Waals surface area contributed by atoms with E-state index in [2.05, 4.69) is 10.6 Å². The maximum absolute atomic E-state index is 11.5. The fraction of sp³-hybridized carbons (Fsp3) is 0.909. The summed E-state index contributed by atoms with van der Waals surface area (Å²) in [5, 5.41) is 6.27. The van der Waals surface area contributed by atoms with Crippen LogP contribution >= 0.6 is 11.8 Å². The van der Waals surface area contributed by atoms with Gasteiger partial charge in [-0.3, -0.25) is 0 Å². The third-order valence-electron chi connectivity index (χ3n) is 2.30. The third kappa shape index (κ3) is 5.07. The number of amides is 1. The van der Waals surface area contributed by atoms with Crippen molar-refractivity contribution in [1.82, 2.24) is 10.6 Å². The molecule has 0 spiro atoms. The van der Waals surface area contributed by atoms with E-state index in [1.165, 1.54) is 0 Å². The highest BCUT2D eigenvalue weighted by molar-refractivity contribution is 7.99. The van der Waals surface area contributed by atoms with Crippen molar-refractivity contribution in [3.63, 3.8) is 0 Å². The maximum Gasteiger partial charge on any atom is 0.407 e. The summed E-state index contributed by atoms with van der Waals surface area (Å²) in [6, 6.07) is 0.439. The van der Waals surface area contributed by atoms with Crippen LogP contribution in [0.25, 0.3) is 0 Å². The highest BCUT2D eigenvalue weighted by Gasteiger charge is 2.23. The van der Waals surface area contributed by atoms with Crippen molar-refractivity contribution >= 4 is 17.9 Å².